The van der Waals surface area contributed by atoms with Gasteiger partial charge in [-0.15, -0.1) is 11.3 Å². The molecule has 0 N–H and O–H groups in total. The van der Waals surface area contributed by atoms with Crippen molar-refractivity contribution >= 4 is 85.9 Å². The van der Waals surface area contributed by atoms with Crippen LogP contribution in [-0.2, 0) is 0 Å². The van der Waals surface area contributed by atoms with Gasteiger partial charge in [0.15, 0.2) is 0 Å². The maximum Gasteiger partial charge on any atom is 0.0625 e. The Morgan fingerprint density at radius 2 is 0.945 bits per heavy atom. The Kier molecular flexibility index (Phi) is 6.54. The second kappa shape index (κ2) is 11.8. The molecule has 0 unspecified atom stereocenters. The first-order chi connectivity index (χ1) is 27.3. The summed E-state index contributed by atoms with van der Waals surface area (Å²) in [6.07, 6.45) is 0. The molecule has 0 atom stereocenters. The standard InChI is InChI=1S/C52H32N2S/c1-3-13-33(14-4-1)43-31-36-15-7-8-18-39(36)52-51(43)45-30-35(24-28-48(45)54(52)38-25-26-42-41-20-10-12-22-49(41)55-50(42)32-38)34-23-27-47-44(29-34)40-19-9-11-21-46(40)53(47)37-16-5-2-6-17-37/h1-32H. The van der Waals surface area contributed by atoms with Crippen LogP contribution < -0.4 is 0 Å². The van der Waals surface area contributed by atoms with Gasteiger partial charge in [-0.2, -0.15) is 0 Å². The molecule has 12 aromatic rings. The summed E-state index contributed by atoms with van der Waals surface area (Å²) in [5, 5.41) is 10.2. The van der Waals surface area contributed by atoms with Crippen molar-refractivity contribution < 1.29 is 0 Å². The van der Waals surface area contributed by atoms with E-state index in [2.05, 4.69) is 203 Å². The van der Waals surface area contributed by atoms with E-state index in [1.165, 1.54) is 108 Å². The Labute approximate surface area is 321 Å². The highest BCUT2D eigenvalue weighted by molar-refractivity contribution is 7.25. The lowest BCUT2D eigenvalue weighted by Gasteiger charge is -2.12. The fourth-order valence-corrected chi connectivity index (χ4v) is 10.2. The van der Waals surface area contributed by atoms with Crippen LogP contribution in [0.4, 0.5) is 0 Å². The number of rotatable bonds is 4. The van der Waals surface area contributed by atoms with Gasteiger partial charge in [0.1, 0.15) is 0 Å². The van der Waals surface area contributed by atoms with Gasteiger partial charge in [-0.25, -0.2) is 0 Å². The topological polar surface area (TPSA) is 9.86 Å². The Morgan fingerprint density at radius 3 is 1.76 bits per heavy atom. The molecule has 2 nitrogen and oxygen atoms in total. The molecule has 0 fully saturated rings. The number of fused-ring (bicyclic) bond motifs is 11. The summed E-state index contributed by atoms with van der Waals surface area (Å²) in [6.45, 7) is 0. The molecule has 12 rings (SSSR count). The summed E-state index contributed by atoms with van der Waals surface area (Å²) < 4.78 is 7.53. The van der Waals surface area contributed by atoms with Gasteiger partial charge in [0.05, 0.1) is 22.1 Å². The zero-order chi connectivity index (χ0) is 36.0. The molecule has 3 heterocycles. The third-order valence-corrected chi connectivity index (χ3v) is 12.6. The minimum absolute atomic E-state index is 1.17. The molecule has 256 valence electrons. The maximum absolute atomic E-state index is 2.52. The van der Waals surface area contributed by atoms with Gasteiger partial charge in [-0.1, -0.05) is 127 Å². The van der Waals surface area contributed by atoms with Crippen molar-refractivity contribution in [2.24, 2.45) is 0 Å². The lowest BCUT2D eigenvalue weighted by Crippen LogP contribution is -1.95. The summed E-state index contributed by atoms with van der Waals surface area (Å²) in [7, 11) is 0. The van der Waals surface area contributed by atoms with E-state index >= 15 is 0 Å². The SMILES string of the molecule is c1ccc(-c2cc3ccccc3c3c2c2cc(-c4ccc5c(c4)c4ccccc4n5-c4ccccc4)ccc2n3-c2ccc3c(c2)sc2ccccc23)cc1. The third-order valence-electron chi connectivity index (χ3n) is 11.5. The summed E-state index contributed by atoms with van der Waals surface area (Å²) >= 11 is 1.87. The first kappa shape index (κ1) is 30.5. The van der Waals surface area contributed by atoms with E-state index in [4.69, 9.17) is 0 Å². The van der Waals surface area contributed by atoms with Crippen LogP contribution in [-0.4, -0.2) is 9.13 Å². The van der Waals surface area contributed by atoms with E-state index in [-0.39, 0.29) is 0 Å². The van der Waals surface area contributed by atoms with Crippen molar-refractivity contribution in [2.45, 2.75) is 0 Å². The smallest absolute Gasteiger partial charge is 0.0625 e. The van der Waals surface area contributed by atoms with Gasteiger partial charge in [0.25, 0.3) is 0 Å². The van der Waals surface area contributed by atoms with Crippen LogP contribution in [0.5, 0.6) is 0 Å². The molecule has 3 heteroatoms. The highest BCUT2D eigenvalue weighted by atomic mass is 32.1. The summed E-state index contributed by atoms with van der Waals surface area (Å²) in [4.78, 5) is 0. The Hall–Kier alpha value is -6.94. The molecule has 0 spiro atoms. The average molecular weight is 717 g/mol. The van der Waals surface area contributed by atoms with E-state index in [1.54, 1.807) is 0 Å². The lowest BCUT2D eigenvalue weighted by molar-refractivity contribution is 1.18. The van der Waals surface area contributed by atoms with Crippen LogP contribution in [0, 0.1) is 0 Å². The van der Waals surface area contributed by atoms with Crippen molar-refractivity contribution in [3.8, 4) is 33.6 Å². The fraction of sp³-hybridized carbons (Fsp3) is 0. The number of hydrogen-bond acceptors (Lipinski definition) is 1. The molecule has 9 aromatic carbocycles. The summed E-state index contributed by atoms with van der Waals surface area (Å²) in [5.74, 6) is 0. The largest absolute Gasteiger partial charge is 0.309 e. The van der Waals surface area contributed by atoms with E-state index in [0.29, 0.717) is 0 Å². The Balaban J connectivity index is 1.16. The van der Waals surface area contributed by atoms with Crippen LogP contribution in [0.3, 0.4) is 0 Å². The molecular formula is C52H32N2S. The lowest BCUT2D eigenvalue weighted by atomic mass is 9.94. The van der Waals surface area contributed by atoms with Crippen LogP contribution in [0.1, 0.15) is 0 Å². The summed E-state index contributed by atoms with van der Waals surface area (Å²) in [5.41, 5.74) is 12.1. The van der Waals surface area contributed by atoms with Crippen LogP contribution in [0.15, 0.2) is 194 Å². The predicted molar refractivity (Wildman–Crippen MR) is 236 cm³/mol. The van der Waals surface area contributed by atoms with Crippen molar-refractivity contribution in [1.29, 1.82) is 0 Å². The predicted octanol–water partition coefficient (Wildman–Crippen LogP) is 14.7. The van der Waals surface area contributed by atoms with Crippen molar-refractivity contribution in [3.63, 3.8) is 0 Å². The first-order valence-electron chi connectivity index (χ1n) is 18.8. The molecule has 0 saturated heterocycles. The zero-order valence-corrected chi connectivity index (χ0v) is 30.6. The molecule has 3 aromatic heterocycles. The van der Waals surface area contributed by atoms with Gasteiger partial charge in [0, 0.05) is 58.5 Å². The Morgan fingerprint density at radius 1 is 0.327 bits per heavy atom. The molecule has 0 aliphatic heterocycles. The highest BCUT2D eigenvalue weighted by Crippen LogP contribution is 2.45. The molecule has 0 aliphatic carbocycles. The molecule has 0 aliphatic rings. The molecular weight excluding hydrogens is 685 g/mol. The highest BCUT2D eigenvalue weighted by Gasteiger charge is 2.21. The minimum atomic E-state index is 1.17. The van der Waals surface area contributed by atoms with E-state index in [0.717, 1.165) is 0 Å². The van der Waals surface area contributed by atoms with Gasteiger partial charge >= 0.3 is 0 Å². The van der Waals surface area contributed by atoms with Gasteiger partial charge in [-0.05, 0) is 94.4 Å². The van der Waals surface area contributed by atoms with E-state index < -0.39 is 0 Å². The maximum atomic E-state index is 2.52. The molecule has 55 heavy (non-hydrogen) atoms. The number of hydrogen-bond donors (Lipinski definition) is 0. The van der Waals surface area contributed by atoms with Crippen molar-refractivity contribution in [2.75, 3.05) is 0 Å². The molecule has 0 amide bonds. The second-order valence-corrected chi connectivity index (χ2v) is 15.6. The number of para-hydroxylation sites is 2. The average Bonchev–Trinajstić information content (AvgIpc) is 3.91. The van der Waals surface area contributed by atoms with E-state index in [9.17, 15) is 0 Å². The Bertz CT molecular complexity index is 3470. The minimum Gasteiger partial charge on any atom is -0.309 e. The zero-order valence-electron chi connectivity index (χ0n) is 29.8. The summed E-state index contributed by atoms with van der Waals surface area (Å²) in [6, 6.07) is 71.5. The van der Waals surface area contributed by atoms with Crippen molar-refractivity contribution in [1.82, 2.24) is 9.13 Å². The van der Waals surface area contributed by atoms with Gasteiger partial charge in [0.2, 0.25) is 0 Å². The van der Waals surface area contributed by atoms with Crippen LogP contribution in [0.25, 0.3) is 108 Å². The third kappa shape index (κ3) is 4.54. The quantitative estimate of drug-likeness (QED) is 0.172. The number of aromatic nitrogens is 2. The second-order valence-electron chi connectivity index (χ2n) is 14.5. The number of nitrogens with zero attached hydrogens (tertiary/aromatic N) is 2. The van der Waals surface area contributed by atoms with Crippen LogP contribution >= 0.6 is 11.3 Å². The molecule has 0 radical (unpaired) electrons. The van der Waals surface area contributed by atoms with E-state index in [1.807, 2.05) is 11.3 Å². The van der Waals surface area contributed by atoms with Gasteiger partial charge in [-0.3, -0.25) is 0 Å². The first-order valence-corrected chi connectivity index (χ1v) is 19.7. The molecule has 0 bridgehead atoms. The monoisotopic (exact) mass is 716 g/mol. The number of benzene rings is 9. The van der Waals surface area contributed by atoms with Gasteiger partial charge < -0.3 is 9.13 Å². The molecule has 0 saturated carbocycles. The van der Waals surface area contributed by atoms with Crippen LogP contribution in [0.2, 0.25) is 0 Å². The van der Waals surface area contributed by atoms with Crippen molar-refractivity contribution in [3.05, 3.63) is 194 Å². The fourth-order valence-electron chi connectivity index (χ4n) is 9.04. The number of thiophene rings is 1. The normalized spacial score (nSPS) is 12.0.